The van der Waals surface area contributed by atoms with E-state index in [0.29, 0.717) is 38.5 Å². The molecule has 7 amide bonds. The van der Waals surface area contributed by atoms with Gasteiger partial charge < -0.3 is 48.7 Å². The van der Waals surface area contributed by atoms with Crippen LogP contribution in [0.2, 0.25) is 0 Å². The summed E-state index contributed by atoms with van der Waals surface area (Å²) in [7, 11) is 0. The Labute approximate surface area is 520 Å². The maximum Gasteiger partial charge on any atom is 0.243 e. The van der Waals surface area contributed by atoms with Crippen LogP contribution in [0.25, 0.3) is 0 Å². The van der Waals surface area contributed by atoms with E-state index >= 15 is 0 Å². The van der Waals surface area contributed by atoms with Crippen molar-refractivity contribution >= 4 is 58.7 Å². The third-order valence-corrected chi connectivity index (χ3v) is 15.3. The van der Waals surface area contributed by atoms with E-state index in [1.165, 1.54) is 0 Å². The van der Waals surface area contributed by atoms with Gasteiger partial charge in [-0.3, -0.25) is 47.9 Å². The lowest BCUT2D eigenvalue weighted by atomic mass is 9.87. The number of hydrogen-bond acceptors (Lipinski definition) is 12. The van der Waals surface area contributed by atoms with Gasteiger partial charge in [-0.2, -0.15) is 0 Å². The topological polar surface area (TPSA) is 307 Å². The van der Waals surface area contributed by atoms with Gasteiger partial charge in [0.1, 0.15) is 12.1 Å². The lowest BCUT2D eigenvalue weighted by Gasteiger charge is -2.26. The van der Waals surface area contributed by atoms with Gasteiger partial charge in [-0.25, -0.2) is 0 Å². The van der Waals surface area contributed by atoms with Crippen LogP contribution >= 0.6 is 0 Å². The number of hydrogen-bond donors (Lipinski definition) is 9. The summed E-state index contributed by atoms with van der Waals surface area (Å²) in [5.74, 6) is -7.48. The van der Waals surface area contributed by atoms with Crippen LogP contribution in [-0.2, 0) is 73.6 Å². The van der Waals surface area contributed by atoms with Crippen molar-refractivity contribution in [1.82, 2.24) is 37.2 Å². The van der Waals surface area contributed by atoms with Gasteiger partial charge in [-0.1, -0.05) is 169 Å². The Morgan fingerprint density at radius 3 is 1.26 bits per heavy atom. The quantitative estimate of drug-likeness (QED) is 0.0346. The second-order valence-corrected chi connectivity index (χ2v) is 23.6. The minimum Gasteiger partial charge on any atom is -0.355 e. The second-order valence-electron chi connectivity index (χ2n) is 23.6. The zero-order valence-electron chi connectivity index (χ0n) is 52.5. The highest BCUT2D eigenvalue weighted by atomic mass is 16.2. The van der Waals surface area contributed by atoms with Gasteiger partial charge in [0.2, 0.25) is 41.4 Å². The number of rotatable bonds is 27. The van der Waals surface area contributed by atoms with Crippen LogP contribution in [0, 0.1) is 29.6 Å². The first-order chi connectivity index (χ1) is 42.2. The van der Waals surface area contributed by atoms with Gasteiger partial charge in [0.25, 0.3) is 0 Å². The summed E-state index contributed by atoms with van der Waals surface area (Å²) in [5.41, 5.74) is 16.2. The predicted molar refractivity (Wildman–Crippen MR) is 342 cm³/mol. The van der Waals surface area contributed by atoms with E-state index in [4.69, 9.17) is 11.5 Å². The number of benzene rings is 4. The Bertz CT molecular complexity index is 2630. The number of ketones is 3. The summed E-state index contributed by atoms with van der Waals surface area (Å²) < 4.78 is 0. The van der Waals surface area contributed by atoms with Crippen LogP contribution in [0.5, 0.6) is 0 Å². The summed E-state index contributed by atoms with van der Waals surface area (Å²) in [6, 6.07) is 32.3. The van der Waals surface area contributed by atoms with Crippen molar-refractivity contribution in [3.8, 4) is 0 Å². The normalized spacial score (nSPS) is 17.7. The number of Topliss-reactive ketones (excluding diaryl/α,β-unsaturated/α-hetero) is 3. The molecule has 0 radical (unpaired) electrons. The first-order valence-corrected chi connectivity index (χ1v) is 31.5. The van der Waals surface area contributed by atoms with Gasteiger partial charge >= 0.3 is 0 Å². The van der Waals surface area contributed by atoms with E-state index < -0.39 is 102 Å². The van der Waals surface area contributed by atoms with Crippen molar-refractivity contribution in [2.24, 2.45) is 41.1 Å². The summed E-state index contributed by atoms with van der Waals surface area (Å²) >= 11 is 0. The Kier molecular flexibility index (Phi) is 32.8. The van der Waals surface area contributed by atoms with Gasteiger partial charge in [0.05, 0.1) is 31.2 Å². The molecular weight excluding hydrogens is 1110 g/mol. The van der Waals surface area contributed by atoms with Crippen molar-refractivity contribution in [2.75, 3.05) is 26.2 Å². The molecule has 19 heteroatoms. The molecule has 1 aliphatic heterocycles. The highest BCUT2D eigenvalue weighted by Crippen LogP contribution is 2.22. The standard InChI is InChI=1S/C67H91N9O10.C2H6/c1-44(2)33-56(75-64(83)51(35-46-21-9-5-10-22-46)40-58(77)53(68)37-48-25-13-7-14-26-48)60(79)39-50-29-17-19-31-70-62(81)43-73-66(85)55(30-18-20-32-71-61(80)42-72-63(50)82)74-67(86)57(34-45(3)4)76-65(84)52(36-47-23-11-6-12-24-47)41-59(78)54(69)38-49-27-15-8-16-28-49;1-2/h5-16,21-28,44-45,50-57H,17-20,29-43,68-69H2,1-4H3,(H,70,81)(H,71,80)(H,72,82)(H,73,85)(H,74,86)(H,75,83)(H,76,84);1-2H3/t50-,51-,52-,53+,54+,55+,56+,57+;/m0./s1. The van der Waals surface area contributed by atoms with Crippen molar-refractivity contribution in [3.63, 3.8) is 0 Å². The molecule has 5 rings (SSSR count). The molecule has 4 aromatic rings. The fourth-order valence-corrected chi connectivity index (χ4v) is 10.5. The van der Waals surface area contributed by atoms with E-state index in [2.05, 4.69) is 37.2 Å². The van der Waals surface area contributed by atoms with Crippen molar-refractivity contribution in [2.45, 2.75) is 168 Å². The van der Waals surface area contributed by atoms with Crippen LogP contribution < -0.4 is 48.7 Å². The average molecular weight is 1210 g/mol. The molecule has 0 unspecified atom stereocenters. The number of carbonyl (C=O) groups excluding carboxylic acids is 10. The molecule has 0 bridgehead atoms. The van der Waals surface area contributed by atoms with Crippen molar-refractivity contribution < 1.29 is 47.9 Å². The Morgan fingerprint density at radius 1 is 0.466 bits per heavy atom. The van der Waals surface area contributed by atoms with Gasteiger partial charge in [-0.15, -0.1) is 0 Å². The van der Waals surface area contributed by atoms with Crippen LogP contribution in [0.1, 0.15) is 134 Å². The first-order valence-electron chi connectivity index (χ1n) is 31.5. The van der Waals surface area contributed by atoms with E-state index in [1.807, 2.05) is 163 Å². The van der Waals surface area contributed by atoms with Crippen LogP contribution in [0.4, 0.5) is 0 Å². The monoisotopic (exact) mass is 1210 g/mol. The lowest BCUT2D eigenvalue weighted by molar-refractivity contribution is -0.135. The summed E-state index contributed by atoms with van der Waals surface area (Å²) in [6.45, 7) is 11.1. The van der Waals surface area contributed by atoms with E-state index in [9.17, 15) is 47.9 Å². The van der Waals surface area contributed by atoms with E-state index in [0.717, 1.165) is 22.3 Å². The molecule has 1 fully saturated rings. The maximum atomic E-state index is 14.3. The van der Waals surface area contributed by atoms with Crippen LogP contribution in [0.15, 0.2) is 121 Å². The molecule has 11 N–H and O–H groups in total. The van der Waals surface area contributed by atoms with Crippen molar-refractivity contribution in [1.29, 1.82) is 0 Å². The van der Waals surface area contributed by atoms with Gasteiger partial charge in [0.15, 0.2) is 17.3 Å². The molecular formula is C69H97N9O10. The Hall–Kier alpha value is -7.90. The molecule has 0 saturated carbocycles. The Balaban J connectivity index is 0.00000819. The SMILES string of the molecule is CC.CC(C)C[C@@H](NC(=O)[C@H](CC(=O)[C@H](N)Cc1ccccc1)Cc1ccccc1)C(=O)C[C@@H]1CCCCNC(=O)CNC(=O)[C@H](NC(=O)[C@@H](CC(C)C)NC(=O)[C@H](CC(=O)[C@H](N)Cc2ccccc2)Cc2ccccc2)CCCCNC(=O)CNC1=O. The molecule has 1 heterocycles. The summed E-state index contributed by atoms with van der Waals surface area (Å²) in [4.78, 5) is 138. The first kappa shape index (κ1) is 72.6. The predicted octanol–water partition coefficient (Wildman–Crippen LogP) is 5.73. The highest BCUT2D eigenvalue weighted by molar-refractivity contribution is 5.97. The molecule has 0 aromatic heterocycles. The fourth-order valence-electron chi connectivity index (χ4n) is 10.5. The van der Waals surface area contributed by atoms with E-state index in [1.54, 1.807) is 0 Å². The zero-order valence-corrected chi connectivity index (χ0v) is 52.5. The Morgan fingerprint density at radius 2 is 0.841 bits per heavy atom. The fraction of sp³-hybridized carbons (Fsp3) is 0.507. The largest absolute Gasteiger partial charge is 0.355 e. The zero-order chi connectivity index (χ0) is 64.4. The molecule has 8 atom stereocenters. The molecule has 1 saturated heterocycles. The second kappa shape index (κ2) is 39.8. The van der Waals surface area contributed by atoms with Gasteiger partial charge in [-0.05, 0) is 105 Å². The summed E-state index contributed by atoms with van der Waals surface area (Å²) in [6.07, 6.45) is 2.68. The number of nitrogens with two attached hydrogens (primary N) is 2. The third kappa shape index (κ3) is 27.4. The van der Waals surface area contributed by atoms with E-state index in [-0.39, 0.29) is 100 Å². The molecule has 478 valence electrons. The van der Waals surface area contributed by atoms with Crippen LogP contribution in [-0.4, -0.2) is 115 Å². The number of carbonyl (C=O) groups is 10. The highest BCUT2D eigenvalue weighted by Gasteiger charge is 2.34. The lowest BCUT2D eigenvalue weighted by Crippen LogP contribution is -2.55. The average Bonchev–Trinajstić information content (AvgIpc) is 3.56. The minimum atomic E-state index is -1.14. The van der Waals surface area contributed by atoms with Crippen molar-refractivity contribution in [3.05, 3.63) is 144 Å². The molecule has 1 aliphatic rings. The number of amides is 7. The molecule has 88 heavy (non-hydrogen) atoms. The summed E-state index contributed by atoms with van der Waals surface area (Å²) in [5, 5.41) is 19.5. The molecule has 0 aliphatic carbocycles. The molecule has 4 aromatic carbocycles. The third-order valence-electron chi connectivity index (χ3n) is 15.3. The van der Waals surface area contributed by atoms with Crippen LogP contribution in [0.3, 0.4) is 0 Å². The smallest absolute Gasteiger partial charge is 0.243 e. The minimum absolute atomic E-state index is 0.0424. The van der Waals surface area contributed by atoms with Gasteiger partial charge in [0, 0.05) is 50.1 Å². The molecule has 19 nitrogen and oxygen atoms in total. The maximum absolute atomic E-state index is 14.3. The number of nitrogens with one attached hydrogen (secondary N) is 7. The molecule has 0 spiro atoms.